The molecule has 3 nitrogen and oxygen atoms in total. The van der Waals surface area contributed by atoms with Crippen molar-refractivity contribution < 1.29 is 4.79 Å². The number of rotatable bonds is 1. The van der Waals surface area contributed by atoms with Crippen LogP contribution in [0.2, 0.25) is 5.02 Å². The third kappa shape index (κ3) is 2.40. The molecule has 5 heteroatoms. The van der Waals surface area contributed by atoms with Crippen molar-refractivity contribution >= 4 is 40.5 Å². The summed E-state index contributed by atoms with van der Waals surface area (Å²) in [7, 11) is 0. The molecule has 0 bridgehead atoms. The Bertz CT molecular complexity index is 453. The molecule has 1 saturated heterocycles. The van der Waals surface area contributed by atoms with Gasteiger partial charge in [-0.25, -0.2) is 0 Å². The Balaban J connectivity index is 2.27. The largest absolute Gasteiger partial charge is 0.301 e. The van der Waals surface area contributed by atoms with Gasteiger partial charge in [-0.1, -0.05) is 23.7 Å². The second kappa shape index (κ2) is 4.08. The van der Waals surface area contributed by atoms with Crippen molar-refractivity contribution in [3.63, 3.8) is 0 Å². The minimum absolute atomic E-state index is 0.167. The van der Waals surface area contributed by atoms with Gasteiger partial charge in [0.1, 0.15) is 0 Å². The Morgan fingerprint density at radius 1 is 1.33 bits per heavy atom. The number of benzene rings is 1. The number of thioether (sulfide) groups is 1. The van der Waals surface area contributed by atoms with E-state index in [4.69, 9.17) is 17.0 Å². The minimum atomic E-state index is -0.222. The van der Waals surface area contributed by atoms with Gasteiger partial charge in [-0.2, -0.15) is 0 Å². The SMILES string of the molecule is N=C1NC(=O)/C(=C/c2ccc(Cl)cc2)S1. The molecule has 0 saturated carbocycles. The van der Waals surface area contributed by atoms with E-state index < -0.39 is 0 Å². The van der Waals surface area contributed by atoms with Crippen LogP contribution in [0.15, 0.2) is 29.2 Å². The lowest BCUT2D eigenvalue weighted by atomic mass is 10.2. The van der Waals surface area contributed by atoms with Crippen molar-refractivity contribution in [1.29, 1.82) is 5.41 Å². The molecule has 1 heterocycles. The number of carbonyl (C=O) groups is 1. The monoisotopic (exact) mass is 238 g/mol. The van der Waals surface area contributed by atoms with E-state index in [1.165, 1.54) is 0 Å². The van der Waals surface area contributed by atoms with E-state index in [1.54, 1.807) is 18.2 Å². The summed E-state index contributed by atoms with van der Waals surface area (Å²) in [4.78, 5) is 11.8. The molecule has 0 radical (unpaired) electrons. The Hall–Kier alpha value is -1.26. The average molecular weight is 239 g/mol. The summed E-state index contributed by atoms with van der Waals surface area (Å²) < 4.78 is 0. The highest BCUT2D eigenvalue weighted by molar-refractivity contribution is 8.18. The quantitative estimate of drug-likeness (QED) is 0.739. The van der Waals surface area contributed by atoms with Crippen LogP contribution in [-0.2, 0) is 4.79 Å². The zero-order chi connectivity index (χ0) is 10.8. The second-order valence-electron chi connectivity index (χ2n) is 2.95. The normalized spacial score (nSPS) is 18.3. The molecule has 0 aliphatic carbocycles. The molecule has 1 amide bonds. The lowest BCUT2D eigenvalue weighted by molar-refractivity contribution is -0.115. The zero-order valence-corrected chi connectivity index (χ0v) is 9.15. The van der Waals surface area contributed by atoms with E-state index in [0.717, 1.165) is 17.3 Å². The van der Waals surface area contributed by atoms with Crippen molar-refractivity contribution in [2.45, 2.75) is 0 Å². The molecular weight excluding hydrogens is 232 g/mol. The van der Waals surface area contributed by atoms with Gasteiger partial charge in [-0.05, 0) is 35.5 Å². The summed E-state index contributed by atoms with van der Waals surface area (Å²) >= 11 is 6.86. The fraction of sp³-hybridized carbons (Fsp3) is 0. The van der Waals surface area contributed by atoms with Crippen LogP contribution in [0.1, 0.15) is 5.56 Å². The minimum Gasteiger partial charge on any atom is -0.301 e. The van der Waals surface area contributed by atoms with Gasteiger partial charge in [0, 0.05) is 5.02 Å². The molecule has 1 aliphatic heterocycles. The molecule has 0 spiro atoms. The standard InChI is InChI=1S/C10H7ClN2OS/c11-7-3-1-6(2-4-7)5-8-9(14)13-10(12)15-8/h1-5H,(H2,12,13,14)/b8-5-. The maximum atomic E-state index is 11.3. The molecule has 2 rings (SSSR count). The van der Waals surface area contributed by atoms with E-state index in [2.05, 4.69) is 5.32 Å². The van der Waals surface area contributed by atoms with E-state index in [9.17, 15) is 4.79 Å². The number of amides is 1. The van der Waals surface area contributed by atoms with Gasteiger partial charge in [0.15, 0.2) is 5.17 Å². The fourth-order valence-corrected chi connectivity index (χ4v) is 1.98. The molecule has 2 N–H and O–H groups in total. The molecule has 0 unspecified atom stereocenters. The summed E-state index contributed by atoms with van der Waals surface area (Å²) in [5, 5.41) is 10.5. The predicted octanol–water partition coefficient (Wildman–Crippen LogP) is 2.48. The Kier molecular flexibility index (Phi) is 2.79. The fourth-order valence-electron chi connectivity index (χ4n) is 1.15. The highest BCUT2D eigenvalue weighted by atomic mass is 35.5. The van der Waals surface area contributed by atoms with Crippen LogP contribution in [0, 0.1) is 5.41 Å². The van der Waals surface area contributed by atoms with Crippen molar-refractivity contribution in [1.82, 2.24) is 5.32 Å². The Morgan fingerprint density at radius 2 is 2.00 bits per heavy atom. The van der Waals surface area contributed by atoms with Gasteiger partial charge in [0.25, 0.3) is 5.91 Å². The van der Waals surface area contributed by atoms with E-state index in [-0.39, 0.29) is 11.1 Å². The first-order valence-electron chi connectivity index (χ1n) is 4.20. The summed E-state index contributed by atoms with van der Waals surface area (Å²) in [6, 6.07) is 7.17. The Morgan fingerprint density at radius 3 is 2.53 bits per heavy atom. The van der Waals surface area contributed by atoms with Gasteiger partial charge in [-0.15, -0.1) is 0 Å². The van der Waals surface area contributed by atoms with Gasteiger partial charge < -0.3 is 5.32 Å². The molecule has 1 aromatic rings. The van der Waals surface area contributed by atoms with Crippen LogP contribution in [-0.4, -0.2) is 11.1 Å². The van der Waals surface area contributed by atoms with Crippen LogP contribution in [0.25, 0.3) is 6.08 Å². The smallest absolute Gasteiger partial charge is 0.264 e. The average Bonchev–Trinajstić information content (AvgIpc) is 2.49. The Labute approximate surface area is 96.0 Å². The number of hydrogen-bond donors (Lipinski definition) is 2. The number of amidine groups is 1. The molecule has 0 aromatic heterocycles. The lowest BCUT2D eigenvalue weighted by Crippen LogP contribution is -2.18. The third-order valence-electron chi connectivity index (χ3n) is 1.83. The van der Waals surface area contributed by atoms with Crippen LogP contribution in [0.5, 0.6) is 0 Å². The predicted molar refractivity (Wildman–Crippen MR) is 62.9 cm³/mol. The van der Waals surface area contributed by atoms with Gasteiger partial charge >= 0.3 is 0 Å². The highest BCUT2D eigenvalue weighted by Crippen LogP contribution is 2.25. The van der Waals surface area contributed by atoms with E-state index in [0.29, 0.717) is 9.93 Å². The van der Waals surface area contributed by atoms with Crippen LogP contribution < -0.4 is 5.32 Å². The topological polar surface area (TPSA) is 53.0 Å². The first-order chi connectivity index (χ1) is 7.15. The molecular formula is C10H7ClN2OS. The van der Waals surface area contributed by atoms with Gasteiger partial charge in [0.05, 0.1) is 4.91 Å². The maximum absolute atomic E-state index is 11.3. The van der Waals surface area contributed by atoms with Crippen molar-refractivity contribution in [2.75, 3.05) is 0 Å². The summed E-state index contributed by atoms with van der Waals surface area (Å²) in [6.45, 7) is 0. The van der Waals surface area contributed by atoms with Crippen molar-refractivity contribution in [3.8, 4) is 0 Å². The number of carbonyl (C=O) groups excluding carboxylic acids is 1. The van der Waals surface area contributed by atoms with Crippen molar-refractivity contribution in [3.05, 3.63) is 39.8 Å². The van der Waals surface area contributed by atoms with Crippen LogP contribution >= 0.6 is 23.4 Å². The zero-order valence-electron chi connectivity index (χ0n) is 7.58. The second-order valence-corrected chi connectivity index (χ2v) is 4.43. The molecule has 1 fully saturated rings. The molecule has 1 aromatic carbocycles. The maximum Gasteiger partial charge on any atom is 0.264 e. The lowest BCUT2D eigenvalue weighted by Gasteiger charge is -1.94. The third-order valence-corrected chi connectivity index (χ3v) is 2.91. The van der Waals surface area contributed by atoms with E-state index >= 15 is 0 Å². The number of halogens is 1. The van der Waals surface area contributed by atoms with E-state index in [1.807, 2.05) is 12.1 Å². The van der Waals surface area contributed by atoms with Crippen LogP contribution in [0.3, 0.4) is 0 Å². The highest BCUT2D eigenvalue weighted by Gasteiger charge is 2.21. The van der Waals surface area contributed by atoms with Crippen LogP contribution in [0.4, 0.5) is 0 Å². The number of nitrogens with one attached hydrogen (secondary N) is 2. The molecule has 76 valence electrons. The molecule has 0 atom stereocenters. The van der Waals surface area contributed by atoms with Crippen molar-refractivity contribution in [2.24, 2.45) is 0 Å². The summed E-state index contributed by atoms with van der Waals surface area (Å²) in [5.74, 6) is -0.222. The first kappa shape index (κ1) is 10.3. The first-order valence-corrected chi connectivity index (χ1v) is 5.39. The number of hydrogen-bond acceptors (Lipinski definition) is 3. The molecule has 1 aliphatic rings. The summed E-state index contributed by atoms with van der Waals surface area (Å²) in [5.41, 5.74) is 0.895. The van der Waals surface area contributed by atoms with Gasteiger partial charge in [-0.3, -0.25) is 10.2 Å². The summed E-state index contributed by atoms with van der Waals surface area (Å²) in [6.07, 6.45) is 1.73. The van der Waals surface area contributed by atoms with Gasteiger partial charge in [0.2, 0.25) is 0 Å². The molecule has 15 heavy (non-hydrogen) atoms.